The minimum absolute atomic E-state index is 0.208. The first kappa shape index (κ1) is 19.1. The van der Waals surface area contributed by atoms with Crippen molar-refractivity contribution < 1.29 is 19.1 Å². The molecule has 138 valence electrons. The summed E-state index contributed by atoms with van der Waals surface area (Å²) < 4.78 is 10.8. The maximum Gasteiger partial charge on any atom is 0.411 e. The van der Waals surface area contributed by atoms with Gasteiger partial charge in [-0.25, -0.2) is 4.79 Å². The number of carbonyl (C=O) groups is 2. The second-order valence-electron chi connectivity index (χ2n) is 7.42. The van der Waals surface area contributed by atoms with E-state index >= 15 is 0 Å². The van der Waals surface area contributed by atoms with Crippen molar-refractivity contribution in [3.8, 4) is 5.75 Å². The molecule has 0 radical (unpaired) electrons. The number of ether oxygens (including phenoxy) is 2. The van der Waals surface area contributed by atoms with Gasteiger partial charge >= 0.3 is 6.09 Å². The van der Waals surface area contributed by atoms with Gasteiger partial charge in [0.15, 0.2) is 0 Å². The van der Waals surface area contributed by atoms with E-state index in [1.165, 1.54) is 4.90 Å². The third-order valence-electron chi connectivity index (χ3n) is 4.17. The van der Waals surface area contributed by atoms with Crippen molar-refractivity contribution in [2.45, 2.75) is 58.6 Å². The lowest BCUT2D eigenvalue weighted by Crippen LogP contribution is -2.54. The number of rotatable bonds is 4. The van der Waals surface area contributed by atoms with Crippen molar-refractivity contribution in [1.82, 2.24) is 4.90 Å². The lowest BCUT2D eigenvalue weighted by atomic mass is 9.97. The van der Waals surface area contributed by atoms with Crippen molar-refractivity contribution in [3.63, 3.8) is 0 Å². The van der Waals surface area contributed by atoms with Gasteiger partial charge in [0.2, 0.25) is 5.91 Å². The molecule has 2 rings (SSSR count). The summed E-state index contributed by atoms with van der Waals surface area (Å²) in [6, 6.07) is 7.20. The molecule has 0 aromatic heterocycles. The Hall–Kier alpha value is -2.24. The van der Waals surface area contributed by atoms with Crippen LogP contribution in [0.25, 0.3) is 0 Å². The number of likely N-dealkylation sites (tertiary alicyclic amines) is 1. The summed E-state index contributed by atoms with van der Waals surface area (Å²) in [7, 11) is 0. The molecular weight excluding hydrogens is 320 g/mol. The van der Waals surface area contributed by atoms with E-state index in [-0.39, 0.29) is 5.91 Å². The molecule has 25 heavy (non-hydrogen) atoms. The van der Waals surface area contributed by atoms with E-state index in [0.29, 0.717) is 25.3 Å². The van der Waals surface area contributed by atoms with Crippen LogP contribution in [0.4, 0.5) is 10.5 Å². The summed E-state index contributed by atoms with van der Waals surface area (Å²) >= 11 is 0. The largest absolute Gasteiger partial charge is 0.494 e. The second kappa shape index (κ2) is 7.33. The molecule has 6 nitrogen and oxygen atoms in total. The fraction of sp³-hybridized carbons (Fsp3) is 0.579. The van der Waals surface area contributed by atoms with Crippen LogP contribution in [0.15, 0.2) is 24.3 Å². The standard InChI is InChI=1S/C19H28N2O4/c1-6-24-15-10-8-14(9-11-15)20-16(22)19(5)12-7-13-21(19)17(23)25-18(2,3)4/h8-11H,6-7,12-13H2,1-5H3,(H,20,22)/t19-/m0/s1. The van der Waals surface area contributed by atoms with Gasteiger partial charge in [-0.05, 0) is 71.7 Å². The minimum Gasteiger partial charge on any atom is -0.494 e. The molecule has 1 heterocycles. The SMILES string of the molecule is CCOc1ccc(NC(=O)[C@]2(C)CCCN2C(=O)OC(C)(C)C)cc1. The normalized spacial score (nSPS) is 20.3. The molecule has 0 unspecified atom stereocenters. The summed E-state index contributed by atoms with van der Waals surface area (Å²) in [5.41, 5.74) is -0.835. The molecule has 1 aliphatic rings. The highest BCUT2D eigenvalue weighted by Gasteiger charge is 2.47. The van der Waals surface area contributed by atoms with Crippen molar-refractivity contribution in [2.75, 3.05) is 18.5 Å². The number of anilines is 1. The lowest BCUT2D eigenvalue weighted by molar-refractivity contribution is -0.125. The predicted molar refractivity (Wildman–Crippen MR) is 96.8 cm³/mol. The topological polar surface area (TPSA) is 67.9 Å². The molecule has 2 amide bonds. The second-order valence-corrected chi connectivity index (χ2v) is 7.42. The maximum absolute atomic E-state index is 12.8. The number of benzene rings is 1. The van der Waals surface area contributed by atoms with Crippen LogP contribution in [0.2, 0.25) is 0 Å². The zero-order valence-electron chi connectivity index (χ0n) is 15.7. The van der Waals surface area contributed by atoms with Gasteiger partial charge in [0.25, 0.3) is 0 Å². The van der Waals surface area contributed by atoms with Crippen LogP contribution in [-0.2, 0) is 9.53 Å². The fourth-order valence-electron chi connectivity index (χ4n) is 2.88. The average molecular weight is 348 g/mol. The zero-order chi connectivity index (χ0) is 18.7. The Kier molecular flexibility index (Phi) is 5.60. The van der Waals surface area contributed by atoms with Crippen LogP contribution in [0, 0.1) is 0 Å². The van der Waals surface area contributed by atoms with Gasteiger partial charge in [0.1, 0.15) is 16.9 Å². The van der Waals surface area contributed by atoms with E-state index in [1.54, 1.807) is 19.1 Å². The molecule has 0 bridgehead atoms. The van der Waals surface area contributed by atoms with Crippen molar-refractivity contribution in [3.05, 3.63) is 24.3 Å². The van der Waals surface area contributed by atoms with Gasteiger partial charge in [0, 0.05) is 12.2 Å². The number of nitrogens with zero attached hydrogens (tertiary/aromatic N) is 1. The number of carbonyl (C=O) groups excluding carboxylic acids is 2. The Labute approximate surface area is 149 Å². The van der Waals surface area contributed by atoms with E-state index < -0.39 is 17.2 Å². The van der Waals surface area contributed by atoms with Gasteiger partial charge in [-0.2, -0.15) is 0 Å². The molecule has 0 saturated carbocycles. The molecule has 1 atom stereocenters. The first-order valence-corrected chi connectivity index (χ1v) is 8.70. The van der Waals surface area contributed by atoms with Crippen molar-refractivity contribution in [1.29, 1.82) is 0 Å². The molecule has 0 aliphatic carbocycles. The van der Waals surface area contributed by atoms with Gasteiger partial charge < -0.3 is 14.8 Å². The smallest absolute Gasteiger partial charge is 0.411 e. The fourth-order valence-corrected chi connectivity index (χ4v) is 2.88. The van der Waals surface area contributed by atoms with Crippen molar-refractivity contribution >= 4 is 17.7 Å². The van der Waals surface area contributed by atoms with E-state index in [1.807, 2.05) is 39.8 Å². The third-order valence-corrected chi connectivity index (χ3v) is 4.17. The zero-order valence-corrected chi connectivity index (χ0v) is 15.7. The van der Waals surface area contributed by atoms with Crippen LogP contribution < -0.4 is 10.1 Å². The molecule has 6 heteroatoms. The summed E-state index contributed by atoms with van der Waals surface area (Å²) in [5.74, 6) is 0.544. The molecule has 1 N–H and O–H groups in total. The lowest BCUT2D eigenvalue weighted by Gasteiger charge is -2.35. The maximum atomic E-state index is 12.8. The highest BCUT2D eigenvalue weighted by atomic mass is 16.6. The average Bonchev–Trinajstić information content (AvgIpc) is 2.91. The molecule has 1 fully saturated rings. The summed E-state index contributed by atoms with van der Waals surface area (Å²) in [6.07, 6.45) is 0.927. The van der Waals surface area contributed by atoms with Crippen LogP contribution in [0.1, 0.15) is 47.5 Å². The van der Waals surface area contributed by atoms with Gasteiger partial charge in [-0.3, -0.25) is 9.69 Å². The quantitative estimate of drug-likeness (QED) is 0.898. The monoisotopic (exact) mass is 348 g/mol. The van der Waals surface area contributed by atoms with Gasteiger partial charge in [-0.1, -0.05) is 0 Å². The molecule has 0 spiro atoms. The minimum atomic E-state index is -0.916. The van der Waals surface area contributed by atoms with Crippen LogP contribution in [0.3, 0.4) is 0 Å². The summed E-state index contributed by atoms with van der Waals surface area (Å²) in [6.45, 7) is 10.3. The van der Waals surface area contributed by atoms with E-state index in [9.17, 15) is 9.59 Å². The van der Waals surface area contributed by atoms with Crippen LogP contribution in [-0.4, -0.2) is 41.2 Å². The first-order valence-electron chi connectivity index (χ1n) is 8.70. The highest BCUT2D eigenvalue weighted by Crippen LogP contribution is 2.32. The Morgan fingerprint density at radius 3 is 2.44 bits per heavy atom. The number of hydrogen-bond donors (Lipinski definition) is 1. The van der Waals surface area contributed by atoms with Crippen LogP contribution >= 0.6 is 0 Å². The number of hydrogen-bond acceptors (Lipinski definition) is 4. The third kappa shape index (κ3) is 4.65. The number of nitrogens with one attached hydrogen (secondary N) is 1. The molecule has 1 saturated heterocycles. The van der Waals surface area contributed by atoms with E-state index in [2.05, 4.69) is 5.32 Å². The summed E-state index contributed by atoms with van der Waals surface area (Å²) in [4.78, 5) is 26.8. The molecule has 1 aliphatic heterocycles. The molecule has 1 aromatic rings. The van der Waals surface area contributed by atoms with Crippen LogP contribution in [0.5, 0.6) is 5.75 Å². The Morgan fingerprint density at radius 1 is 1.24 bits per heavy atom. The Morgan fingerprint density at radius 2 is 1.88 bits per heavy atom. The van der Waals surface area contributed by atoms with E-state index in [0.717, 1.165) is 12.2 Å². The van der Waals surface area contributed by atoms with Crippen molar-refractivity contribution in [2.24, 2.45) is 0 Å². The Bertz CT molecular complexity index is 621. The predicted octanol–water partition coefficient (Wildman–Crippen LogP) is 3.81. The molecule has 1 aromatic carbocycles. The highest BCUT2D eigenvalue weighted by molar-refractivity contribution is 6.00. The summed E-state index contributed by atoms with van der Waals surface area (Å²) in [5, 5.41) is 2.90. The van der Waals surface area contributed by atoms with E-state index in [4.69, 9.17) is 9.47 Å². The molecular formula is C19H28N2O4. The van der Waals surface area contributed by atoms with Gasteiger partial charge in [-0.15, -0.1) is 0 Å². The number of amides is 2. The first-order chi connectivity index (χ1) is 11.7. The Balaban J connectivity index is 2.09. The van der Waals surface area contributed by atoms with Gasteiger partial charge in [0.05, 0.1) is 6.61 Å².